The van der Waals surface area contributed by atoms with Gasteiger partial charge in [0, 0.05) is 31.5 Å². The van der Waals surface area contributed by atoms with E-state index in [1.807, 2.05) is 32.0 Å². The Kier molecular flexibility index (Phi) is 5.19. The summed E-state index contributed by atoms with van der Waals surface area (Å²) in [6.45, 7) is 8.68. The maximum Gasteiger partial charge on any atom is 0.253 e. The molecule has 5 heteroatoms. The van der Waals surface area contributed by atoms with Crippen LogP contribution in [0.4, 0.5) is 11.4 Å². The molecule has 2 amide bonds. The van der Waals surface area contributed by atoms with Crippen molar-refractivity contribution in [2.24, 2.45) is 5.92 Å². The number of rotatable bonds is 5. The molecule has 2 rings (SSSR count). The summed E-state index contributed by atoms with van der Waals surface area (Å²) in [5.41, 5.74) is 2.77. The Morgan fingerprint density at radius 3 is 2.68 bits per heavy atom. The number of anilines is 2. The molecular weight excluding hydrogens is 280 g/mol. The number of benzene rings is 1. The van der Waals surface area contributed by atoms with E-state index >= 15 is 0 Å². The van der Waals surface area contributed by atoms with Crippen LogP contribution < -0.4 is 10.2 Å². The fraction of sp³-hybridized carbons (Fsp3) is 0.529. The van der Waals surface area contributed by atoms with Gasteiger partial charge in [-0.05, 0) is 43.0 Å². The molecule has 0 unspecified atom stereocenters. The van der Waals surface area contributed by atoms with Gasteiger partial charge in [-0.15, -0.1) is 0 Å². The average molecular weight is 304 g/mol. The van der Waals surface area contributed by atoms with Crippen LogP contribution in [0.25, 0.3) is 0 Å². The van der Waals surface area contributed by atoms with Crippen molar-refractivity contribution in [1.29, 1.82) is 0 Å². The van der Waals surface area contributed by atoms with E-state index < -0.39 is 6.10 Å². The van der Waals surface area contributed by atoms with Crippen LogP contribution in [-0.2, 0) is 20.7 Å². The maximum absolute atomic E-state index is 12.1. The summed E-state index contributed by atoms with van der Waals surface area (Å²) in [4.78, 5) is 25.4. The van der Waals surface area contributed by atoms with E-state index in [1.165, 1.54) is 0 Å². The molecule has 1 aromatic rings. The summed E-state index contributed by atoms with van der Waals surface area (Å²) in [5.74, 6) is 0.293. The number of nitrogens with zero attached hydrogens (tertiary/aromatic N) is 1. The van der Waals surface area contributed by atoms with Crippen LogP contribution in [0.5, 0.6) is 0 Å². The van der Waals surface area contributed by atoms with Crippen molar-refractivity contribution in [2.75, 3.05) is 23.4 Å². The Morgan fingerprint density at radius 2 is 2.05 bits per heavy atom. The SMILES string of the molecule is CC(=O)N1CCc2cc(NC(=O)[C@@H](C)OCC(C)C)ccc21. The summed E-state index contributed by atoms with van der Waals surface area (Å²) in [6, 6.07) is 5.65. The van der Waals surface area contributed by atoms with E-state index in [-0.39, 0.29) is 11.8 Å². The Hall–Kier alpha value is -1.88. The monoisotopic (exact) mass is 304 g/mol. The first-order valence-electron chi connectivity index (χ1n) is 7.72. The molecule has 1 N–H and O–H groups in total. The van der Waals surface area contributed by atoms with E-state index in [1.54, 1.807) is 18.7 Å². The fourth-order valence-electron chi connectivity index (χ4n) is 2.46. The Balaban J connectivity index is 2.00. The third kappa shape index (κ3) is 3.85. The molecule has 0 radical (unpaired) electrons. The third-order valence-corrected chi connectivity index (χ3v) is 3.67. The second-order valence-electron chi connectivity index (χ2n) is 6.12. The van der Waals surface area contributed by atoms with Gasteiger partial charge in [0.05, 0.1) is 0 Å². The molecule has 22 heavy (non-hydrogen) atoms. The Bertz CT molecular complexity index is 569. The average Bonchev–Trinajstić information content (AvgIpc) is 2.87. The van der Waals surface area contributed by atoms with Crippen LogP contribution in [0, 0.1) is 5.92 Å². The molecule has 0 saturated heterocycles. The zero-order valence-electron chi connectivity index (χ0n) is 13.7. The summed E-state index contributed by atoms with van der Waals surface area (Å²) >= 11 is 0. The number of amides is 2. The second-order valence-corrected chi connectivity index (χ2v) is 6.12. The molecule has 1 heterocycles. The Labute approximate surface area is 131 Å². The molecule has 1 aromatic carbocycles. The van der Waals surface area contributed by atoms with Gasteiger partial charge in [0.1, 0.15) is 6.10 Å². The number of nitrogens with one attached hydrogen (secondary N) is 1. The maximum atomic E-state index is 12.1. The minimum absolute atomic E-state index is 0.0474. The highest BCUT2D eigenvalue weighted by atomic mass is 16.5. The van der Waals surface area contributed by atoms with Crippen LogP contribution in [0.2, 0.25) is 0 Å². The molecule has 0 bridgehead atoms. The fourth-order valence-corrected chi connectivity index (χ4v) is 2.46. The van der Waals surface area contributed by atoms with E-state index in [2.05, 4.69) is 5.32 Å². The van der Waals surface area contributed by atoms with Gasteiger partial charge >= 0.3 is 0 Å². The highest BCUT2D eigenvalue weighted by Gasteiger charge is 2.22. The second kappa shape index (κ2) is 6.92. The van der Waals surface area contributed by atoms with Gasteiger partial charge in [-0.1, -0.05) is 13.8 Å². The normalized spacial score (nSPS) is 14.9. The smallest absolute Gasteiger partial charge is 0.253 e. The predicted octanol–water partition coefficient (Wildman–Crippen LogP) is 2.60. The summed E-state index contributed by atoms with van der Waals surface area (Å²) < 4.78 is 5.51. The van der Waals surface area contributed by atoms with Gasteiger partial charge in [-0.25, -0.2) is 0 Å². The lowest BCUT2D eigenvalue weighted by Crippen LogP contribution is -2.29. The molecule has 0 saturated carbocycles. The predicted molar refractivity (Wildman–Crippen MR) is 87.1 cm³/mol. The van der Waals surface area contributed by atoms with Crippen molar-refractivity contribution >= 4 is 23.2 Å². The summed E-state index contributed by atoms with van der Waals surface area (Å²) in [7, 11) is 0. The van der Waals surface area contributed by atoms with Crippen molar-refractivity contribution in [2.45, 2.75) is 40.2 Å². The molecule has 120 valence electrons. The lowest BCUT2D eigenvalue weighted by atomic mass is 10.1. The lowest BCUT2D eigenvalue weighted by molar-refractivity contribution is -0.127. The zero-order chi connectivity index (χ0) is 16.3. The van der Waals surface area contributed by atoms with E-state index in [4.69, 9.17) is 4.74 Å². The number of carbonyl (C=O) groups excluding carboxylic acids is 2. The number of ether oxygens (including phenoxy) is 1. The first-order chi connectivity index (χ1) is 10.4. The molecule has 1 aliphatic heterocycles. The van der Waals surface area contributed by atoms with E-state index in [0.29, 0.717) is 19.1 Å². The molecule has 5 nitrogen and oxygen atoms in total. The largest absolute Gasteiger partial charge is 0.368 e. The standard InChI is InChI=1S/C17H24N2O3/c1-11(2)10-22-12(3)17(21)18-15-5-6-16-14(9-15)7-8-19(16)13(4)20/h5-6,9,11-12H,7-8,10H2,1-4H3,(H,18,21)/t12-/m1/s1. The highest BCUT2D eigenvalue weighted by molar-refractivity contribution is 5.96. The minimum atomic E-state index is -0.482. The number of hydrogen-bond donors (Lipinski definition) is 1. The van der Waals surface area contributed by atoms with Crippen molar-refractivity contribution < 1.29 is 14.3 Å². The molecule has 1 atom stereocenters. The van der Waals surface area contributed by atoms with Crippen LogP contribution in [0.1, 0.15) is 33.3 Å². The first kappa shape index (κ1) is 16.5. The van der Waals surface area contributed by atoms with Gasteiger partial charge in [-0.3, -0.25) is 9.59 Å². The topological polar surface area (TPSA) is 58.6 Å². The molecule has 0 fully saturated rings. The molecule has 1 aliphatic rings. The van der Waals surface area contributed by atoms with Crippen molar-refractivity contribution in [3.8, 4) is 0 Å². The van der Waals surface area contributed by atoms with Crippen LogP contribution in [0.3, 0.4) is 0 Å². The van der Waals surface area contributed by atoms with Crippen molar-refractivity contribution in [1.82, 2.24) is 0 Å². The molecule has 0 aliphatic carbocycles. The van der Waals surface area contributed by atoms with Crippen molar-refractivity contribution in [3.05, 3.63) is 23.8 Å². The first-order valence-corrected chi connectivity index (χ1v) is 7.72. The molecule has 0 aromatic heterocycles. The van der Waals surface area contributed by atoms with Crippen LogP contribution in [-0.4, -0.2) is 31.1 Å². The number of fused-ring (bicyclic) bond motifs is 1. The van der Waals surface area contributed by atoms with Gasteiger partial charge in [0.2, 0.25) is 5.91 Å². The van der Waals surface area contributed by atoms with Gasteiger partial charge in [-0.2, -0.15) is 0 Å². The van der Waals surface area contributed by atoms with Gasteiger partial charge in [0.15, 0.2) is 0 Å². The minimum Gasteiger partial charge on any atom is -0.368 e. The third-order valence-electron chi connectivity index (χ3n) is 3.67. The van der Waals surface area contributed by atoms with E-state index in [0.717, 1.165) is 23.4 Å². The van der Waals surface area contributed by atoms with Gasteiger partial charge in [0.25, 0.3) is 5.91 Å². The van der Waals surface area contributed by atoms with Crippen LogP contribution >= 0.6 is 0 Å². The Morgan fingerprint density at radius 1 is 1.32 bits per heavy atom. The number of carbonyl (C=O) groups is 2. The lowest BCUT2D eigenvalue weighted by Gasteiger charge is -2.16. The zero-order valence-corrected chi connectivity index (χ0v) is 13.7. The molecular formula is C17H24N2O3. The number of hydrogen-bond acceptors (Lipinski definition) is 3. The van der Waals surface area contributed by atoms with Crippen molar-refractivity contribution in [3.63, 3.8) is 0 Å². The molecule has 0 spiro atoms. The summed E-state index contributed by atoms with van der Waals surface area (Å²) in [5, 5.41) is 2.87. The van der Waals surface area contributed by atoms with E-state index in [9.17, 15) is 9.59 Å². The highest BCUT2D eigenvalue weighted by Crippen LogP contribution is 2.30. The van der Waals surface area contributed by atoms with Crippen LogP contribution in [0.15, 0.2) is 18.2 Å². The quantitative estimate of drug-likeness (QED) is 0.909. The van der Waals surface area contributed by atoms with Gasteiger partial charge < -0.3 is 15.0 Å². The summed E-state index contributed by atoms with van der Waals surface area (Å²) in [6.07, 6.45) is 0.335.